The minimum absolute atomic E-state index is 0.154. The van der Waals surface area contributed by atoms with E-state index in [0.29, 0.717) is 6.04 Å². The van der Waals surface area contributed by atoms with Crippen LogP contribution in [0.5, 0.6) is 0 Å². The van der Waals surface area contributed by atoms with Gasteiger partial charge in [0.1, 0.15) is 0 Å². The summed E-state index contributed by atoms with van der Waals surface area (Å²) in [6, 6.07) is 6.94. The summed E-state index contributed by atoms with van der Waals surface area (Å²) in [6.07, 6.45) is 7.39. The predicted octanol–water partition coefficient (Wildman–Crippen LogP) is 3.05. The molecule has 1 aliphatic carbocycles. The number of benzene rings is 1. The van der Waals surface area contributed by atoms with Crippen molar-refractivity contribution in [1.29, 1.82) is 0 Å². The molecule has 1 amide bonds. The normalized spacial score (nSPS) is 21.7. The molecule has 0 unspecified atom stereocenters. The molecule has 4 nitrogen and oxygen atoms in total. The third-order valence-corrected chi connectivity index (χ3v) is 6.07. The number of carbonyl (C=O) groups is 1. The lowest BCUT2D eigenvalue weighted by atomic mass is 9.80. The Morgan fingerprint density at radius 1 is 1.17 bits per heavy atom. The van der Waals surface area contributed by atoms with Crippen LogP contribution in [0, 0.1) is 13.8 Å². The van der Waals surface area contributed by atoms with Gasteiger partial charge < -0.3 is 16.0 Å². The highest BCUT2D eigenvalue weighted by atomic mass is 16.1. The first-order valence-electron chi connectivity index (χ1n) is 9.41. The van der Waals surface area contributed by atoms with Crippen molar-refractivity contribution < 1.29 is 4.79 Å². The van der Waals surface area contributed by atoms with E-state index < -0.39 is 5.54 Å². The number of primary amides is 1. The summed E-state index contributed by atoms with van der Waals surface area (Å²) in [4.78, 5) is 14.6. The molecule has 3 rings (SSSR count). The maximum Gasteiger partial charge on any atom is 0.237 e. The number of piperidine rings is 1. The van der Waals surface area contributed by atoms with Crippen LogP contribution in [0.2, 0.25) is 0 Å². The Bertz CT molecular complexity index is 585. The van der Waals surface area contributed by atoms with E-state index in [4.69, 9.17) is 5.73 Å². The van der Waals surface area contributed by atoms with Crippen molar-refractivity contribution in [3.63, 3.8) is 0 Å². The van der Waals surface area contributed by atoms with Crippen LogP contribution in [-0.4, -0.2) is 30.6 Å². The lowest BCUT2D eigenvalue weighted by Crippen LogP contribution is -2.61. The highest BCUT2D eigenvalue weighted by Crippen LogP contribution is 2.31. The Hall–Kier alpha value is -1.55. The molecule has 1 aromatic carbocycles. The summed E-state index contributed by atoms with van der Waals surface area (Å²) in [7, 11) is 0. The molecule has 132 valence electrons. The minimum atomic E-state index is -0.454. The lowest BCUT2D eigenvalue weighted by molar-refractivity contribution is -0.126. The molecule has 1 saturated carbocycles. The molecular weight excluding hydrogens is 298 g/mol. The van der Waals surface area contributed by atoms with E-state index in [-0.39, 0.29) is 5.91 Å². The zero-order chi connectivity index (χ0) is 17.2. The molecule has 24 heavy (non-hydrogen) atoms. The molecule has 1 heterocycles. The molecule has 0 spiro atoms. The lowest BCUT2D eigenvalue weighted by Gasteiger charge is -2.42. The Morgan fingerprint density at radius 2 is 1.83 bits per heavy atom. The van der Waals surface area contributed by atoms with Crippen LogP contribution < -0.4 is 16.0 Å². The number of hydrogen-bond donors (Lipinski definition) is 2. The molecule has 2 fully saturated rings. The van der Waals surface area contributed by atoms with Gasteiger partial charge in [-0.2, -0.15) is 0 Å². The van der Waals surface area contributed by atoms with Gasteiger partial charge in [0, 0.05) is 24.8 Å². The fourth-order valence-corrected chi connectivity index (χ4v) is 4.35. The van der Waals surface area contributed by atoms with Gasteiger partial charge in [-0.1, -0.05) is 31.4 Å². The van der Waals surface area contributed by atoms with Gasteiger partial charge in [0.25, 0.3) is 0 Å². The number of nitrogens with two attached hydrogens (primary N) is 1. The number of anilines is 1. The smallest absolute Gasteiger partial charge is 0.237 e. The molecule has 0 radical (unpaired) electrons. The second kappa shape index (κ2) is 7.14. The van der Waals surface area contributed by atoms with E-state index in [1.54, 1.807) is 0 Å². The van der Waals surface area contributed by atoms with E-state index in [9.17, 15) is 4.79 Å². The number of rotatable bonds is 4. The van der Waals surface area contributed by atoms with E-state index in [0.717, 1.165) is 51.6 Å². The number of nitrogens with one attached hydrogen (secondary N) is 1. The number of nitrogens with zero attached hydrogens (tertiary/aromatic N) is 1. The van der Waals surface area contributed by atoms with Crippen LogP contribution in [-0.2, 0) is 4.79 Å². The molecule has 1 aliphatic heterocycles. The summed E-state index contributed by atoms with van der Waals surface area (Å²) in [5.74, 6) is -0.154. The summed E-state index contributed by atoms with van der Waals surface area (Å²) < 4.78 is 0. The minimum Gasteiger partial charge on any atom is -0.371 e. The zero-order valence-electron chi connectivity index (χ0n) is 15.1. The topological polar surface area (TPSA) is 58.4 Å². The van der Waals surface area contributed by atoms with Gasteiger partial charge in [-0.3, -0.25) is 4.79 Å². The Kier molecular flexibility index (Phi) is 5.14. The van der Waals surface area contributed by atoms with E-state index in [1.165, 1.54) is 23.2 Å². The first-order chi connectivity index (χ1) is 11.5. The van der Waals surface area contributed by atoms with Crippen LogP contribution in [0.15, 0.2) is 18.2 Å². The van der Waals surface area contributed by atoms with E-state index >= 15 is 0 Å². The van der Waals surface area contributed by atoms with Crippen LogP contribution >= 0.6 is 0 Å². The van der Waals surface area contributed by atoms with Crippen molar-refractivity contribution in [2.24, 2.45) is 5.73 Å². The summed E-state index contributed by atoms with van der Waals surface area (Å²) in [5.41, 5.74) is 9.39. The highest BCUT2D eigenvalue weighted by molar-refractivity contribution is 5.84. The van der Waals surface area contributed by atoms with Crippen LogP contribution in [0.25, 0.3) is 0 Å². The Balaban J connectivity index is 1.62. The zero-order valence-corrected chi connectivity index (χ0v) is 15.1. The van der Waals surface area contributed by atoms with Crippen molar-refractivity contribution >= 4 is 11.6 Å². The maximum atomic E-state index is 12.1. The molecule has 0 atom stereocenters. The molecule has 4 heteroatoms. The van der Waals surface area contributed by atoms with Crippen LogP contribution in [0.3, 0.4) is 0 Å². The molecule has 0 aromatic heterocycles. The van der Waals surface area contributed by atoms with Gasteiger partial charge in [-0.15, -0.1) is 0 Å². The predicted molar refractivity (Wildman–Crippen MR) is 99.3 cm³/mol. The summed E-state index contributed by atoms with van der Waals surface area (Å²) >= 11 is 0. The van der Waals surface area contributed by atoms with Crippen LogP contribution in [0.1, 0.15) is 56.1 Å². The number of carbonyl (C=O) groups excluding carboxylic acids is 1. The number of aryl methyl sites for hydroxylation is 1. The third kappa shape index (κ3) is 3.44. The standard InChI is InChI=1S/C20H31N3O/c1-15-7-6-8-18(16(15)2)23-13-9-17(10-14-23)22-20(19(21)24)11-4-3-5-12-20/h6-8,17,22H,3-5,9-14H2,1-2H3,(H2,21,24). The van der Waals surface area contributed by atoms with E-state index in [2.05, 4.69) is 42.3 Å². The fourth-order valence-electron chi connectivity index (χ4n) is 4.35. The summed E-state index contributed by atoms with van der Waals surface area (Å²) in [5, 5.41) is 3.67. The van der Waals surface area contributed by atoms with Gasteiger partial charge in [-0.25, -0.2) is 0 Å². The van der Waals surface area contributed by atoms with Gasteiger partial charge >= 0.3 is 0 Å². The third-order valence-electron chi connectivity index (χ3n) is 6.07. The number of hydrogen-bond acceptors (Lipinski definition) is 3. The molecule has 1 aromatic rings. The second-order valence-corrected chi connectivity index (χ2v) is 7.63. The highest BCUT2D eigenvalue weighted by Gasteiger charge is 2.39. The average molecular weight is 329 g/mol. The van der Waals surface area contributed by atoms with Crippen molar-refractivity contribution in [2.45, 2.75) is 70.4 Å². The van der Waals surface area contributed by atoms with E-state index in [1.807, 2.05) is 0 Å². The van der Waals surface area contributed by atoms with Crippen LogP contribution in [0.4, 0.5) is 5.69 Å². The van der Waals surface area contributed by atoms with Gasteiger partial charge in [0.05, 0.1) is 5.54 Å². The summed E-state index contributed by atoms with van der Waals surface area (Å²) in [6.45, 7) is 6.46. The van der Waals surface area contributed by atoms with Gasteiger partial charge in [0.2, 0.25) is 5.91 Å². The van der Waals surface area contributed by atoms with Crippen molar-refractivity contribution in [1.82, 2.24) is 5.32 Å². The van der Waals surface area contributed by atoms with Crippen molar-refractivity contribution in [2.75, 3.05) is 18.0 Å². The molecule has 3 N–H and O–H groups in total. The molecule has 0 bridgehead atoms. The SMILES string of the molecule is Cc1cccc(N2CCC(NC3(C(N)=O)CCCCC3)CC2)c1C. The number of amides is 1. The first kappa shape index (κ1) is 17.3. The second-order valence-electron chi connectivity index (χ2n) is 7.63. The van der Waals surface area contributed by atoms with Gasteiger partial charge in [0.15, 0.2) is 0 Å². The molecular formula is C20H31N3O. The largest absolute Gasteiger partial charge is 0.371 e. The fraction of sp³-hybridized carbons (Fsp3) is 0.650. The monoisotopic (exact) mass is 329 g/mol. The Labute approximate surface area is 145 Å². The quantitative estimate of drug-likeness (QED) is 0.892. The van der Waals surface area contributed by atoms with Crippen molar-refractivity contribution in [3.8, 4) is 0 Å². The first-order valence-corrected chi connectivity index (χ1v) is 9.41. The average Bonchev–Trinajstić information content (AvgIpc) is 2.59. The maximum absolute atomic E-state index is 12.1. The molecule has 2 aliphatic rings. The van der Waals surface area contributed by atoms with Crippen molar-refractivity contribution in [3.05, 3.63) is 29.3 Å². The van der Waals surface area contributed by atoms with Gasteiger partial charge in [-0.05, 0) is 56.7 Å². The molecule has 1 saturated heterocycles. The Morgan fingerprint density at radius 3 is 2.46 bits per heavy atom.